The Labute approximate surface area is 158 Å². The van der Waals surface area contributed by atoms with Crippen molar-refractivity contribution in [3.8, 4) is 5.75 Å². The Bertz CT molecular complexity index is 1030. The van der Waals surface area contributed by atoms with Gasteiger partial charge in [0, 0.05) is 5.69 Å². The molecule has 0 bridgehead atoms. The number of aromatic nitrogens is 4. The van der Waals surface area contributed by atoms with E-state index in [0.29, 0.717) is 11.4 Å². The maximum atomic E-state index is 12.2. The Morgan fingerprint density at radius 3 is 2.68 bits per heavy atom. The molecular formula is C17H19N5O6. The number of aliphatic hydroxyl groups is 3. The molecule has 148 valence electrons. The quantitative estimate of drug-likeness (QED) is 0.388. The molecule has 1 fully saturated rings. The van der Waals surface area contributed by atoms with Crippen LogP contribution in [0.2, 0.25) is 0 Å². The summed E-state index contributed by atoms with van der Waals surface area (Å²) >= 11 is 0. The number of imidazole rings is 1. The van der Waals surface area contributed by atoms with Crippen LogP contribution in [0.4, 0.5) is 11.6 Å². The van der Waals surface area contributed by atoms with Gasteiger partial charge in [-0.05, 0) is 24.3 Å². The van der Waals surface area contributed by atoms with Crippen LogP contribution in [-0.4, -0.2) is 66.9 Å². The van der Waals surface area contributed by atoms with Crippen LogP contribution in [0, 0.1) is 0 Å². The predicted molar refractivity (Wildman–Crippen MR) is 97.4 cm³/mol. The van der Waals surface area contributed by atoms with Crippen molar-refractivity contribution >= 4 is 22.8 Å². The van der Waals surface area contributed by atoms with Crippen molar-refractivity contribution in [1.29, 1.82) is 0 Å². The van der Waals surface area contributed by atoms with E-state index in [9.17, 15) is 20.1 Å². The second-order valence-corrected chi connectivity index (χ2v) is 6.29. The third-order valence-corrected chi connectivity index (χ3v) is 4.60. The SMILES string of the molecule is COc1ccc(Nc2nc3c(=O)[nH]cnc3n2[C@H]2O[C@@H](CO)[C@@H](O)[C@H]2O)cc1. The smallest absolute Gasteiger partial charge is 0.278 e. The Hall–Kier alpha value is -2.99. The monoisotopic (exact) mass is 389 g/mol. The summed E-state index contributed by atoms with van der Waals surface area (Å²) < 4.78 is 12.1. The van der Waals surface area contributed by atoms with Gasteiger partial charge in [-0.3, -0.25) is 9.36 Å². The normalized spacial score (nSPS) is 24.6. The van der Waals surface area contributed by atoms with Crippen molar-refractivity contribution in [1.82, 2.24) is 19.5 Å². The van der Waals surface area contributed by atoms with Crippen LogP contribution < -0.4 is 15.6 Å². The molecule has 2 aromatic heterocycles. The Morgan fingerprint density at radius 2 is 2.04 bits per heavy atom. The van der Waals surface area contributed by atoms with Gasteiger partial charge in [0.15, 0.2) is 17.4 Å². The lowest BCUT2D eigenvalue weighted by molar-refractivity contribution is -0.0501. The van der Waals surface area contributed by atoms with E-state index in [-0.39, 0.29) is 17.1 Å². The zero-order valence-electron chi connectivity index (χ0n) is 14.8. The molecule has 0 amide bonds. The molecule has 1 aliphatic heterocycles. The van der Waals surface area contributed by atoms with E-state index in [1.165, 1.54) is 10.9 Å². The molecule has 3 heterocycles. The van der Waals surface area contributed by atoms with Gasteiger partial charge in [0.25, 0.3) is 5.56 Å². The van der Waals surface area contributed by atoms with E-state index in [0.717, 1.165) is 0 Å². The molecule has 0 radical (unpaired) electrons. The zero-order valence-corrected chi connectivity index (χ0v) is 14.8. The van der Waals surface area contributed by atoms with E-state index in [2.05, 4.69) is 20.3 Å². The minimum absolute atomic E-state index is 0.0382. The first kappa shape index (κ1) is 18.4. The van der Waals surface area contributed by atoms with E-state index in [1.807, 2.05) is 0 Å². The number of H-pyrrole nitrogens is 1. The van der Waals surface area contributed by atoms with Crippen molar-refractivity contribution in [3.63, 3.8) is 0 Å². The number of fused-ring (bicyclic) bond motifs is 1. The minimum Gasteiger partial charge on any atom is -0.497 e. The van der Waals surface area contributed by atoms with E-state index < -0.39 is 36.7 Å². The number of nitrogens with zero attached hydrogens (tertiary/aromatic N) is 3. The van der Waals surface area contributed by atoms with E-state index in [4.69, 9.17) is 9.47 Å². The number of benzene rings is 1. The van der Waals surface area contributed by atoms with Crippen LogP contribution in [0.5, 0.6) is 5.75 Å². The van der Waals surface area contributed by atoms with Crippen molar-refractivity contribution in [3.05, 3.63) is 40.9 Å². The fraction of sp³-hybridized carbons (Fsp3) is 0.353. The van der Waals surface area contributed by atoms with E-state index >= 15 is 0 Å². The first-order chi connectivity index (χ1) is 13.5. The molecule has 11 heteroatoms. The van der Waals surface area contributed by atoms with Crippen molar-refractivity contribution in [2.75, 3.05) is 19.0 Å². The highest BCUT2D eigenvalue weighted by molar-refractivity contribution is 5.75. The molecule has 3 aromatic rings. The third-order valence-electron chi connectivity index (χ3n) is 4.60. The molecule has 1 saturated heterocycles. The number of hydrogen-bond donors (Lipinski definition) is 5. The van der Waals surface area contributed by atoms with E-state index in [1.54, 1.807) is 31.4 Å². The largest absolute Gasteiger partial charge is 0.497 e. The first-order valence-corrected chi connectivity index (χ1v) is 8.52. The summed E-state index contributed by atoms with van der Waals surface area (Å²) in [5.74, 6) is 0.847. The molecule has 4 rings (SSSR count). The molecule has 28 heavy (non-hydrogen) atoms. The number of hydrogen-bond acceptors (Lipinski definition) is 9. The topological polar surface area (TPSA) is 155 Å². The average molecular weight is 389 g/mol. The number of methoxy groups -OCH3 is 1. The lowest BCUT2D eigenvalue weighted by atomic mass is 10.1. The zero-order chi connectivity index (χ0) is 19.8. The second kappa shape index (κ2) is 7.20. The number of aromatic amines is 1. The van der Waals surface area contributed by atoms with Crippen LogP contribution >= 0.6 is 0 Å². The molecule has 0 spiro atoms. The third kappa shape index (κ3) is 2.99. The number of nitrogens with one attached hydrogen (secondary N) is 2. The number of rotatable bonds is 5. The summed E-state index contributed by atoms with van der Waals surface area (Å²) in [6.07, 6.45) is -3.53. The summed E-state index contributed by atoms with van der Waals surface area (Å²) in [5.41, 5.74) is 0.375. The summed E-state index contributed by atoms with van der Waals surface area (Å²) in [5, 5.41) is 32.9. The van der Waals surface area contributed by atoms with Crippen LogP contribution in [0.3, 0.4) is 0 Å². The van der Waals surface area contributed by atoms with Gasteiger partial charge >= 0.3 is 0 Å². The Morgan fingerprint density at radius 1 is 1.29 bits per heavy atom. The van der Waals surface area contributed by atoms with Crippen molar-refractivity contribution in [2.45, 2.75) is 24.5 Å². The lowest BCUT2D eigenvalue weighted by Crippen LogP contribution is -2.33. The van der Waals surface area contributed by atoms with Crippen molar-refractivity contribution < 1.29 is 24.8 Å². The van der Waals surface area contributed by atoms with Gasteiger partial charge in [-0.2, -0.15) is 0 Å². The van der Waals surface area contributed by atoms with Crippen LogP contribution in [-0.2, 0) is 4.74 Å². The summed E-state index contributed by atoms with van der Waals surface area (Å²) in [6.45, 7) is -0.476. The summed E-state index contributed by atoms with van der Waals surface area (Å²) in [4.78, 5) is 23.0. The number of ether oxygens (including phenoxy) is 2. The summed E-state index contributed by atoms with van der Waals surface area (Å²) in [6, 6.07) is 6.98. The molecule has 1 aliphatic rings. The van der Waals surface area contributed by atoms with Gasteiger partial charge < -0.3 is 35.1 Å². The van der Waals surface area contributed by atoms with Gasteiger partial charge in [0.05, 0.1) is 20.0 Å². The number of aliphatic hydroxyl groups excluding tert-OH is 3. The minimum atomic E-state index is -1.35. The van der Waals surface area contributed by atoms with Gasteiger partial charge in [-0.25, -0.2) is 9.97 Å². The van der Waals surface area contributed by atoms with Gasteiger partial charge in [-0.15, -0.1) is 0 Å². The summed E-state index contributed by atoms with van der Waals surface area (Å²) in [7, 11) is 1.56. The standard InChI is InChI=1S/C17H19N5O6/c1-27-9-4-2-8(3-5-9)20-17-21-11-14(18-7-19-15(11)26)22(17)16-13(25)12(24)10(6-23)28-16/h2-5,7,10,12-13,16,23-25H,6H2,1H3,(H,20,21)(H,18,19,26)/t10-,12+,13+,16-/m0/s1. The fourth-order valence-electron chi connectivity index (χ4n) is 3.15. The molecule has 4 atom stereocenters. The average Bonchev–Trinajstić information content (AvgIpc) is 3.21. The number of anilines is 2. The molecular weight excluding hydrogens is 370 g/mol. The van der Waals surface area contributed by atoms with Gasteiger partial charge in [-0.1, -0.05) is 0 Å². The lowest BCUT2D eigenvalue weighted by Gasteiger charge is -2.19. The molecule has 5 N–H and O–H groups in total. The second-order valence-electron chi connectivity index (χ2n) is 6.29. The Balaban J connectivity index is 1.80. The maximum absolute atomic E-state index is 12.2. The predicted octanol–water partition coefficient (Wildman–Crippen LogP) is -0.517. The molecule has 0 saturated carbocycles. The highest BCUT2D eigenvalue weighted by atomic mass is 16.6. The molecule has 0 aliphatic carbocycles. The highest BCUT2D eigenvalue weighted by Crippen LogP contribution is 2.34. The highest BCUT2D eigenvalue weighted by Gasteiger charge is 2.45. The fourth-order valence-corrected chi connectivity index (χ4v) is 3.15. The maximum Gasteiger partial charge on any atom is 0.278 e. The van der Waals surface area contributed by atoms with Crippen LogP contribution in [0.1, 0.15) is 6.23 Å². The molecule has 11 nitrogen and oxygen atoms in total. The van der Waals surface area contributed by atoms with Crippen molar-refractivity contribution in [2.24, 2.45) is 0 Å². The molecule has 0 unspecified atom stereocenters. The first-order valence-electron chi connectivity index (χ1n) is 8.52. The Kier molecular flexibility index (Phi) is 4.73. The van der Waals surface area contributed by atoms with Gasteiger partial charge in [0.2, 0.25) is 5.95 Å². The van der Waals surface area contributed by atoms with Crippen LogP contribution in [0.15, 0.2) is 35.4 Å². The van der Waals surface area contributed by atoms with Crippen LogP contribution in [0.25, 0.3) is 11.2 Å². The molecule has 1 aromatic carbocycles. The van der Waals surface area contributed by atoms with Gasteiger partial charge in [0.1, 0.15) is 24.1 Å².